The highest BCUT2D eigenvalue weighted by Crippen LogP contribution is 2.23. The monoisotopic (exact) mass is 214 g/mol. The van der Waals surface area contributed by atoms with Crippen LogP contribution in [0.1, 0.15) is 11.7 Å². The number of nitrogens with two attached hydrogens (primary N) is 1. The number of rotatable bonds is 4. The normalized spacial score (nSPS) is 14.9. The number of likely N-dealkylation sites (N-methyl/N-ethyl adjacent to an activating group) is 1. The highest BCUT2D eigenvalue weighted by atomic mass is 19.1. The molecular formula is C10H15FN2O2. The number of hydrogen-bond donors (Lipinski definition) is 4. The molecular weight excluding hydrogens is 199 g/mol. The number of hydrogen-bond acceptors (Lipinski definition) is 4. The van der Waals surface area contributed by atoms with Crippen molar-refractivity contribution in [1.82, 2.24) is 5.32 Å². The Hall–Kier alpha value is -1.17. The minimum atomic E-state index is -1.19. The van der Waals surface area contributed by atoms with Crippen LogP contribution in [0.4, 0.5) is 10.1 Å². The van der Waals surface area contributed by atoms with Crippen LogP contribution in [0.25, 0.3) is 0 Å². The molecule has 1 aromatic rings. The molecule has 84 valence electrons. The number of aliphatic hydroxyl groups is 2. The minimum absolute atomic E-state index is 0.205. The number of aliphatic hydroxyl groups excluding tert-OH is 2. The summed E-state index contributed by atoms with van der Waals surface area (Å²) in [6, 6.07) is 3.69. The maximum Gasteiger partial charge on any atom is 0.123 e. The van der Waals surface area contributed by atoms with Gasteiger partial charge in [0.25, 0.3) is 0 Å². The lowest BCUT2D eigenvalue weighted by Crippen LogP contribution is -2.30. The van der Waals surface area contributed by atoms with Crippen molar-refractivity contribution in [3.63, 3.8) is 0 Å². The lowest BCUT2D eigenvalue weighted by atomic mass is 10.0. The lowest BCUT2D eigenvalue weighted by Gasteiger charge is -2.19. The molecule has 0 saturated heterocycles. The van der Waals surface area contributed by atoms with Gasteiger partial charge in [-0.1, -0.05) is 0 Å². The molecule has 5 N–H and O–H groups in total. The molecule has 0 aliphatic heterocycles. The summed E-state index contributed by atoms with van der Waals surface area (Å²) in [6.07, 6.45) is -2.20. The molecule has 15 heavy (non-hydrogen) atoms. The van der Waals surface area contributed by atoms with Crippen molar-refractivity contribution in [2.24, 2.45) is 0 Å². The van der Waals surface area contributed by atoms with Gasteiger partial charge in [-0.2, -0.15) is 0 Å². The molecule has 2 unspecified atom stereocenters. The molecule has 0 saturated carbocycles. The molecule has 2 atom stereocenters. The predicted molar refractivity (Wildman–Crippen MR) is 55.7 cm³/mol. The fourth-order valence-electron chi connectivity index (χ4n) is 1.33. The summed E-state index contributed by atoms with van der Waals surface area (Å²) < 4.78 is 12.9. The number of halogens is 1. The smallest absolute Gasteiger partial charge is 0.123 e. The second-order valence-electron chi connectivity index (χ2n) is 3.34. The third-order valence-electron chi connectivity index (χ3n) is 2.15. The second-order valence-corrected chi connectivity index (χ2v) is 3.34. The Morgan fingerprint density at radius 2 is 2.13 bits per heavy atom. The first-order chi connectivity index (χ1) is 7.06. The average Bonchev–Trinajstić information content (AvgIpc) is 2.21. The Kier molecular flexibility index (Phi) is 4.02. The van der Waals surface area contributed by atoms with E-state index in [0.29, 0.717) is 0 Å². The number of anilines is 1. The van der Waals surface area contributed by atoms with E-state index >= 15 is 0 Å². The topological polar surface area (TPSA) is 78.5 Å². The van der Waals surface area contributed by atoms with E-state index in [-0.39, 0.29) is 17.8 Å². The lowest BCUT2D eigenvalue weighted by molar-refractivity contribution is 0.0205. The predicted octanol–water partition coefficient (Wildman–Crippen LogP) is 0.0216. The van der Waals surface area contributed by atoms with Gasteiger partial charge in [-0.25, -0.2) is 4.39 Å². The zero-order chi connectivity index (χ0) is 11.4. The third kappa shape index (κ3) is 2.89. The van der Waals surface area contributed by atoms with Crippen LogP contribution in [0.2, 0.25) is 0 Å². The van der Waals surface area contributed by atoms with E-state index in [1.54, 1.807) is 7.05 Å². The Morgan fingerprint density at radius 1 is 1.47 bits per heavy atom. The summed E-state index contributed by atoms with van der Waals surface area (Å²) in [4.78, 5) is 0. The highest BCUT2D eigenvalue weighted by Gasteiger charge is 2.20. The van der Waals surface area contributed by atoms with Gasteiger partial charge in [0.1, 0.15) is 11.9 Å². The van der Waals surface area contributed by atoms with Gasteiger partial charge in [-0.3, -0.25) is 0 Å². The Labute approximate surface area is 87.5 Å². The van der Waals surface area contributed by atoms with Gasteiger partial charge in [0.05, 0.1) is 6.10 Å². The number of benzene rings is 1. The van der Waals surface area contributed by atoms with Crippen molar-refractivity contribution < 1.29 is 14.6 Å². The van der Waals surface area contributed by atoms with Crippen LogP contribution in [-0.4, -0.2) is 29.9 Å². The fraction of sp³-hybridized carbons (Fsp3) is 0.400. The summed E-state index contributed by atoms with van der Waals surface area (Å²) in [7, 11) is 1.64. The van der Waals surface area contributed by atoms with Crippen molar-refractivity contribution in [1.29, 1.82) is 0 Å². The molecule has 1 rings (SSSR count). The molecule has 0 amide bonds. The van der Waals surface area contributed by atoms with E-state index in [9.17, 15) is 14.6 Å². The average molecular weight is 214 g/mol. The summed E-state index contributed by atoms with van der Waals surface area (Å²) in [5.41, 5.74) is 6.04. The molecule has 0 aliphatic carbocycles. The quantitative estimate of drug-likeness (QED) is 0.533. The highest BCUT2D eigenvalue weighted by molar-refractivity contribution is 5.48. The molecule has 5 heteroatoms. The van der Waals surface area contributed by atoms with Gasteiger partial charge in [0, 0.05) is 17.8 Å². The largest absolute Gasteiger partial charge is 0.398 e. The molecule has 0 aromatic heterocycles. The molecule has 0 aliphatic rings. The summed E-state index contributed by atoms with van der Waals surface area (Å²) in [5, 5.41) is 21.9. The van der Waals surface area contributed by atoms with Crippen molar-refractivity contribution in [3.8, 4) is 0 Å². The van der Waals surface area contributed by atoms with Crippen LogP contribution in [0.15, 0.2) is 18.2 Å². The molecule has 1 aromatic carbocycles. The van der Waals surface area contributed by atoms with E-state index in [0.717, 1.165) is 6.07 Å². The van der Waals surface area contributed by atoms with Gasteiger partial charge < -0.3 is 21.3 Å². The molecule has 4 nitrogen and oxygen atoms in total. The minimum Gasteiger partial charge on any atom is -0.398 e. The van der Waals surface area contributed by atoms with Crippen LogP contribution in [-0.2, 0) is 0 Å². The van der Waals surface area contributed by atoms with Gasteiger partial charge in [-0.15, -0.1) is 0 Å². The SMILES string of the molecule is CNCC(O)C(O)c1cc(F)ccc1N. The Bertz CT molecular complexity index is 333. The van der Waals surface area contributed by atoms with Crippen LogP contribution in [0.3, 0.4) is 0 Å². The molecule has 0 fully saturated rings. The number of nitrogen functional groups attached to an aromatic ring is 1. The van der Waals surface area contributed by atoms with E-state index < -0.39 is 18.0 Å². The molecule has 0 spiro atoms. The first-order valence-electron chi connectivity index (χ1n) is 4.62. The van der Waals surface area contributed by atoms with E-state index in [2.05, 4.69) is 5.32 Å². The Morgan fingerprint density at radius 3 is 2.73 bits per heavy atom. The first kappa shape index (κ1) is 11.9. The van der Waals surface area contributed by atoms with Crippen molar-refractivity contribution in [3.05, 3.63) is 29.6 Å². The van der Waals surface area contributed by atoms with Crippen molar-refractivity contribution in [2.45, 2.75) is 12.2 Å². The zero-order valence-corrected chi connectivity index (χ0v) is 8.44. The van der Waals surface area contributed by atoms with Gasteiger partial charge >= 0.3 is 0 Å². The zero-order valence-electron chi connectivity index (χ0n) is 8.44. The van der Waals surface area contributed by atoms with Crippen LogP contribution >= 0.6 is 0 Å². The van der Waals surface area contributed by atoms with Crippen LogP contribution < -0.4 is 11.1 Å². The molecule has 0 heterocycles. The van der Waals surface area contributed by atoms with Gasteiger partial charge in [-0.05, 0) is 25.2 Å². The van der Waals surface area contributed by atoms with E-state index in [1.807, 2.05) is 0 Å². The maximum absolute atomic E-state index is 12.9. The standard InChI is InChI=1S/C10H15FN2O2/c1-13-5-9(14)10(15)7-4-6(11)2-3-8(7)12/h2-4,9-10,13-15H,5,12H2,1H3. The van der Waals surface area contributed by atoms with Crippen LogP contribution in [0.5, 0.6) is 0 Å². The van der Waals surface area contributed by atoms with Gasteiger partial charge in [0.2, 0.25) is 0 Å². The van der Waals surface area contributed by atoms with Crippen molar-refractivity contribution in [2.75, 3.05) is 19.3 Å². The molecule has 0 bridgehead atoms. The first-order valence-corrected chi connectivity index (χ1v) is 4.62. The summed E-state index contributed by atoms with van der Waals surface area (Å²) in [5.74, 6) is -0.491. The van der Waals surface area contributed by atoms with Crippen molar-refractivity contribution >= 4 is 5.69 Å². The van der Waals surface area contributed by atoms with E-state index in [4.69, 9.17) is 5.73 Å². The number of nitrogens with one attached hydrogen (secondary N) is 1. The second kappa shape index (κ2) is 5.06. The summed E-state index contributed by atoms with van der Waals surface area (Å²) in [6.45, 7) is 0.205. The molecule has 0 radical (unpaired) electrons. The third-order valence-corrected chi connectivity index (χ3v) is 2.15. The Balaban J connectivity index is 2.89. The summed E-state index contributed by atoms with van der Waals surface area (Å²) >= 11 is 0. The van der Waals surface area contributed by atoms with Crippen LogP contribution in [0, 0.1) is 5.82 Å². The maximum atomic E-state index is 12.9. The fourth-order valence-corrected chi connectivity index (χ4v) is 1.33. The van der Waals surface area contributed by atoms with Gasteiger partial charge in [0.15, 0.2) is 0 Å². The van der Waals surface area contributed by atoms with E-state index in [1.165, 1.54) is 12.1 Å².